The van der Waals surface area contributed by atoms with Gasteiger partial charge in [-0.05, 0) is 18.9 Å². The van der Waals surface area contributed by atoms with Gasteiger partial charge in [-0.15, -0.1) is 5.10 Å². The van der Waals surface area contributed by atoms with Crippen molar-refractivity contribution in [3.05, 3.63) is 46.8 Å². The summed E-state index contributed by atoms with van der Waals surface area (Å²) in [5.74, 6) is -0.926. The first-order valence-corrected chi connectivity index (χ1v) is 10.4. The lowest BCUT2D eigenvalue weighted by Crippen LogP contribution is -2.25. The fraction of sp³-hybridized carbons (Fsp3) is 0.381. The molecule has 2 aliphatic rings. The lowest BCUT2D eigenvalue weighted by molar-refractivity contribution is -0.118. The number of pyridine rings is 1. The Kier molecular flexibility index (Phi) is 4.47. The molecule has 8 nitrogen and oxygen atoms in total. The number of hydrogen-bond acceptors (Lipinski definition) is 5. The highest BCUT2D eigenvalue weighted by Gasteiger charge is 2.43. The summed E-state index contributed by atoms with van der Waals surface area (Å²) in [6, 6.07) is 2.86. The van der Waals surface area contributed by atoms with Crippen molar-refractivity contribution in [1.82, 2.24) is 19.6 Å². The molecular weight excluding hydrogens is 423 g/mol. The van der Waals surface area contributed by atoms with Crippen LogP contribution < -0.4 is 10.2 Å². The fourth-order valence-corrected chi connectivity index (χ4v) is 4.87. The number of halogens is 2. The van der Waals surface area contributed by atoms with Crippen LogP contribution in [0.4, 0.5) is 15.9 Å². The standard InChI is InChI=1S/C21H20ClFN6O2/c1-21(2)8-12(13-10-24-16-7-15(23)27-29(16)18(13)21)20(31)26-11-6-14(22)19(25-9-11)28-5-3-4-17(28)30/h6-7,9-10,12H,3-5,8H2,1-2H3,(H,26,31). The maximum absolute atomic E-state index is 13.7. The summed E-state index contributed by atoms with van der Waals surface area (Å²) in [7, 11) is 0. The van der Waals surface area contributed by atoms with Crippen LogP contribution in [0.2, 0.25) is 5.02 Å². The number of nitrogens with one attached hydrogen (secondary N) is 1. The second kappa shape index (κ2) is 6.98. The minimum atomic E-state index is -0.609. The number of hydrogen-bond donors (Lipinski definition) is 1. The second-order valence-corrected chi connectivity index (χ2v) is 9.01. The van der Waals surface area contributed by atoms with Crippen LogP contribution >= 0.6 is 11.6 Å². The Hall–Kier alpha value is -3.07. The molecule has 1 saturated heterocycles. The van der Waals surface area contributed by atoms with Crippen LogP contribution in [0.15, 0.2) is 24.5 Å². The Morgan fingerprint density at radius 1 is 1.29 bits per heavy atom. The number of fused-ring (bicyclic) bond motifs is 3. The van der Waals surface area contributed by atoms with Crippen molar-refractivity contribution in [1.29, 1.82) is 0 Å². The number of anilines is 2. The molecule has 1 N–H and O–H groups in total. The quantitative estimate of drug-likeness (QED) is 0.670. The smallest absolute Gasteiger partial charge is 0.235 e. The number of nitrogens with zero attached hydrogens (tertiary/aromatic N) is 5. The van der Waals surface area contributed by atoms with Crippen molar-refractivity contribution in [3.63, 3.8) is 0 Å². The molecule has 1 unspecified atom stereocenters. The lowest BCUT2D eigenvalue weighted by Gasteiger charge is -2.19. The molecule has 2 amide bonds. The number of amides is 2. The first-order valence-electron chi connectivity index (χ1n) is 10.1. The van der Waals surface area contributed by atoms with E-state index in [0.29, 0.717) is 41.6 Å². The molecule has 1 aliphatic carbocycles. The van der Waals surface area contributed by atoms with E-state index in [1.165, 1.54) is 16.8 Å². The van der Waals surface area contributed by atoms with Crippen LogP contribution in [0.25, 0.3) is 5.65 Å². The van der Waals surface area contributed by atoms with Crippen LogP contribution in [-0.2, 0) is 15.0 Å². The third-order valence-corrected chi connectivity index (χ3v) is 6.23. The largest absolute Gasteiger partial charge is 0.324 e. The third-order valence-electron chi connectivity index (χ3n) is 5.95. The molecule has 0 aromatic carbocycles. The van der Waals surface area contributed by atoms with Gasteiger partial charge in [-0.2, -0.15) is 4.39 Å². The van der Waals surface area contributed by atoms with Gasteiger partial charge in [0.1, 0.15) is 0 Å². The van der Waals surface area contributed by atoms with Crippen molar-refractivity contribution in [2.45, 2.75) is 44.4 Å². The minimum absolute atomic E-state index is 0.00940. The van der Waals surface area contributed by atoms with Crippen LogP contribution in [-0.4, -0.2) is 37.9 Å². The van der Waals surface area contributed by atoms with Crippen LogP contribution in [0, 0.1) is 5.95 Å². The first-order chi connectivity index (χ1) is 14.7. The summed E-state index contributed by atoms with van der Waals surface area (Å²) in [6.07, 6.45) is 4.90. The highest BCUT2D eigenvalue weighted by Crippen LogP contribution is 2.46. The Morgan fingerprint density at radius 2 is 2.10 bits per heavy atom. The molecule has 3 aromatic heterocycles. The van der Waals surface area contributed by atoms with Crippen LogP contribution in [0.1, 0.15) is 50.3 Å². The van der Waals surface area contributed by atoms with Crippen molar-refractivity contribution >= 4 is 40.6 Å². The summed E-state index contributed by atoms with van der Waals surface area (Å²) in [5, 5.41) is 7.09. The first kappa shape index (κ1) is 19.9. The van der Waals surface area contributed by atoms with Gasteiger partial charge in [-0.1, -0.05) is 25.4 Å². The predicted octanol–water partition coefficient (Wildman–Crippen LogP) is 3.45. The average Bonchev–Trinajstić information content (AvgIpc) is 3.36. The number of rotatable bonds is 3. The Bertz CT molecular complexity index is 1240. The van der Waals surface area contributed by atoms with Crippen molar-refractivity contribution in [3.8, 4) is 0 Å². The van der Waals surface area contributed by atoms with Gasteiger partial charge in [0.2, 0.25) is 17.8 Å². The Morgan fingerprint density at radius 3 is 2.81 bits per heavy atom. The van der Waals surface area contributed by atoms with E-state index >= 15 is 0 Å². The van der Waals surface area contributed by atoms with E-state index in [0.717, 1.165) is 17.7 Å². The fourth-order valence-electron chi connectivity index (χ4n) is 4.60. The van der Waals surface area contributed by atoms with E-state index in [1.807, 2.05) is 13.8 Å². The summed E-state index contributed by atoms with van der Waals surface area (Å²) >= 11 is 6.35. The van der Waals surface area contributed by atoms with Gasteiger partial charge in [0, 0.05) is 36.2 Å². The van der Waals surface area contributed by atoms with Gasteiger partial charge < -0.3 is 5.32 Å². The van der Waals surface area contributed by atoms with Gasteiger partial charge in [0.25, 0.3) is 0 Å². The van der Waals surface area contributed by atoms with Gasteiger partial charge in [0.15, 0.2) is 11.5 Å². The summed E-state index contributed by atoms with van der Waals surface area (Å²) in [5.41, 5.74) is 1.95. The predicted molar refractivity (Wildman–Crippen MR) is 113 cm³/mol. The molecule has 5 rings (SSSR count). The molecule has 160 valence electrons. The average molecular weight is 443 g/mol. The molecule has 3 aromatic rings. The SMILES string of the molecule is CC1(C)CC(C(=O)Nc2cnc(N3CCCC3=O)c(Cl)c2)c2cnc3cc(F)nn3c21. The molecule has 31 heavy (non-hydrogen) atoms. The zero-order valence-corrected chi connectivity index (χ0v) is 17.8. The van der Waals surface area contributed by atoms with E-state index in [9.17, 15) is 14.0 Å². The monoisotopic (exact) mass is 442 g/mol. The number of carbonyl (C=O) groups is 2. The maximum atomic E-state index is 13.7. The molecular formula is C21H20ClFN6O2. The maximum Gasteiger partial charge on any atom is 0.235 e. The second-order valence-electron chi connectivity index (χ2n) is 8.61. The number of aromatic nitrogens is 4. The van der Waals surface area contributed by atoms with Crippen molar-refractivity contribution in [2.75, 3.05) is 16.8 Å². The van der Waals surface area contributed by atoms with Gasteiger partial charge >= 0.3 is 0 Å². The van der Waals surface area contributed by atoms with Gasteiger partial charge in [-0.3, -0.25) is 14.5 Å². The normalized spacial score (nSPS) is 19.8. The molecule has 1 atom stereocenters. The summed E-state index contributed by atoms with van der Waals surface area (Å²) < 4.78 is 15.2. The van der Waals surface area contributed by atoms with E-state index in [2.05, 4.69) is 20.4 Å². The van der Waals surface area contributed by atoms with Crippen LogP contribution in [0.3, 0.4) is 0 Å². The minimum Gasteiger partial charge on any atom is -0.324 e. The lowest BCUT2D eigenvalue weighted by atomic mass is 9.88. The van der Waals surface area contributed by atoms with E-state index in [-0.39, 0.29) is 11.8 Å². The Labute approximate surface area is 182 Å². The third kappa shape index (κ3) is 3.23. The van der Waals surface area contributed by atoms with Gasteiger partial charge in [-0.25, -0.2) is 14.5 Å². The topological polar surface area (TPSA) is 92.5 Å². The molecule has 0 bridgehead atoms. The molecule has 4 heterocycles. The van der Waals surface area contributed by atoms with Crippen LogP contribution in [0.5, 0.6) is 0 Å². The molecule has 0 radical (unpaired) electrons. The summed E-state index contributed by atoms with van der Waals surface area (Å²) in [4.78, 5) is 35.2. The van der Waals surface area contributed by atoms with E-state index in [4.69, 9.17) is 11.6 Å². The highest BCUT2D eigenvalue weighted by molar-refractivity contribution is 6.33. The molecule has 0 saturated carbocycles. The van der Waals surface area contributed by atoms with Crippen molar-refractivity contribution in [2.24, 2.45) is 0 Å². The molecule has 0 spiro atoms. The van der Waals surface area contributed by atoms with E-state index in [1.54, 1.807) is 17.2 Å². The molecule has 1 aliphatic heterocycles. The van der Waals surface area contributed by atoms with Gasteiger partial charge in [0.05, 0.1) is 28.5 Å². The highest BCUT2D eigenvalue weighted by atomic mass is 35.5. The zero-order valence-electron chi connectivity index (χ0n) is 17.0. The Balaban J connectivity index is 1.43. The zero-order chi connectivity index (χ0) is 21.9. The number of carbonyl (C=O) groups excluding carboxylic acids is 2. The van der Waals surface area contributed by atoms with Crippen molar-refractivity contribution < 1.29 is 14.0 Å². The van der Waals surface area contributed by atoms with E-state index < -0.39 is 17.3 Å². The molecule has 10 heteroatoms. The summed E-state index contributed by atoms with van der Waals surface area (Å²) in [6.45, 7) is 4.58. The molecule has 1 fully saturated rings.